The van der Waals surface area contributed by atoms with Crippen molar-refractivity contribution >= 4 is 18.0 Å². The number of benzene rings is 2. The first-order chi connectivity index (χ1) is 14.2. The van der Waals surface area contributed by atoms with E-state index in [1.54, 1.807) is 6.92 Å². The van der Waals surface area contributed by atoms with Crippen LogP contribution in [-0.4, -0.2) is 41.3 Å². The molecular weight excluding hydrogens is 384 g/mol. The molecular formula is C23H26N2O5. The molecule has 0 spiro atoms. The van der Waals surface area contributed by atoms with Crippen LogP contribution in [0.15, 0.2) is 48.5 Å². The minimum atomic E-state index is -1.33. The van der Waals surface area contributed by atoms with Crippen LogP contribution in [0.5, 0.6) is 0 Å². The lowest BCUT2D eigenvalue weighted by Gasteiger charge is -2.26. The van der Waals surface area contributed by atoms with Crippen molar-refractivity contribution in [3.8, 4) is 11.1 Å². The molecule has 0 saturated heterocycles. The standard InChI is InChI=1S/C23H26N2O5/c1-4-19(20(26)27)24-21(28)23(2,3)25-22(29)30-13-18-16-11-7-5-9-14(16)15-10-6-8-12-17(15)18/h5-12,18-19H,4,13H2,1-3H3,(H,24,28)(H,25,29)(H,26,27)/t19-/m0/s1. The summed E-state index contributed by atoms with van der Waals surface area (Å²) in [7, 11) is 0. The number of nitrogens with one attached hydrogen (secondary N) is 2. The van der Waals surface area contributed by atoms with Gasteiger partial charge in [0.2, 0.25) is 5.91 Å². The van der Waals surface area contributed by atoms with Crippen molar-refractivity contribution in [2.24, 2.45) is 0 Å². The number of carboxylic acids is 1. The molecule has 2 aromatic rings. The van der Waals surface area contributed by atoms with E-state index in [1.807, 2.05) is 48.5 Å². The van der Waals surface area contributed by atoms with Gasteiger partial charge in [-0.25, -0.2) is 9.59 Å². The molecule has 1 aliphatic carbocycles. The van der Waals surface area contributed by atoms with Gasteiger partial charge in [-0.1, -0.05) is 55.5 Å². The highest BCUT2D eigenvalue weighted by Crippen LogP contribution is 2.44. The van der Waals surface area contributed by atoms with Gasteiger partial charge in [-0.3, -0.25) is 4.79 Å². The summed E-state index contributed by atoms with van der Waals surface area (Å²) in [5.41, 5.74) is 3.11. The lowest BCUT2D eigenvalue weighted by molar-refractivity contribution is -0.142. The highest BCUT2D eigenvalue weighted by Gasteiger charge is 2.34. The molecule has 0 radical (unpaired) electrons. The predicted molar refractivity (Wildman–Crippen MR) is 112 cm³/mol. The van der Waals surface area contributed by atoms with Crippen molar-refractivity contribution in [1.29, 1.82) is 0 Å². The number of carbonyl (C=O) groups excluding carboxylic acids is 2. The summed E-state index contributed by atoms with van der Waals surface area (Å²) in [5.74, 6) is -1.80. The van der Waals surface area contributed by atoms with Gasteiger partial charge in [-0.15, -0.1) is 0 Å². The smallest absolute Gasteiger partial charge is 0.408 e. The number of ether oxygens (including phenoxy) is 1. The van der Waals surface area contributed by atoms with E-state index >= 15 is 0 Å². The Hall–Kier alpha value is -3.35. The van der Waals surface area contributed by atoms with Gasteiger partial charge in [0.05, 0.1) is 0 Å². The van der Waals surface area contributed by atoms with E-state index in [1.165, 1.54) is 13.8 Å². The molecule has 1 atom stereocenters. The maximum atomic E-state index is 12.4. The van der Waals surface area contributed by atoms with E-state index in [0.717, 1.165) is 22.3 Å². The summed E-state index contributed by atoms with van der Waals surface area (Å²) in [6, 6.07) is 15.0. The Morgan fingerprint density at radius 1 is 1.03 bits per heavy atom. The highest BCUT2D eigenvalue weighted by atomic mass is 16.5. The molecule has 0 unspecified atom stereocenters. The Kier molecular flexibility index (Phi) is 6.10. The Morgan fingerprint density at radius 2 is 1.57 bits per heavy atom. The number of hydrogen-bond acceptors (Lipinski definition) is 4. The summed E-state index contributed by atoms with van der Waals surface area (Å²) in [5, 5.41) is 14.1. The molecule has 30 heavy (non-hydrogen) atoms. The quantitative estimate of drug-likeness (QED) is 0.650. The first-order valence-electron chi connectivity index (χ1n) is 9.91. The number of amides is 2. The number of rotatable bonds is 7. The lowest BCUT2D eigenvalue weighted by Crippen LogP contribution is -2.57. The van der Waals surface area contributed by atoms with Crippen molar-refractivity contribution < 1.29 is 24.2 Å². The van der Waals surface area contributed by atoms with Crippen molar-refractivity contribution in [2.75, 3.05) is 6.61 Å². The Bertz CT molecular complexity index is 924. The molecule has 0 heterocycles. The van der Waals surface area contributed by atoms with E-state index in [2.05, 4.69) is 10.6 Å². The normalized spacial score (nSPS) is 13.7. The van der Waals surface area contributed by atoms with Gasteiger partial charge < -0.3 is 20.5 Å². The Morgan fingerprint density at radius 3 is 2.07 bits per heavy atom. The average Bonchev–Trinajstić information content (AvgIpc) is 3.03. The molecule has 1 aliphatic rings. The van der Waals surface area contributed by atoms with Gasteiger partial charge in [-0.05, 0) is 42.5 Å². The first-order valence-corrected chi connectivity index (χ1v) is 9.91. The number of carbonyl (C=O) groups is 3. The van der Waals surface area contributed by atoms with Gasteiger partial charge in [0.15, 0.2) is 0 Å². The monoisotopic (exact) mass is 410 g/mol. The van der Waals surface area contributed by atoms with Gasteiger partial charge in [-0.2, -0.15) is 0 Å². The number of alkyl carbamates (subject to hydrolysis) is 1. The van der Waals surface area contributed by atoms with Crippen LogP contribution < -0.4 is 10.6 Å². The zero-order chi connectivity index (χ0) is 21.9. The molecule has 158 valence electrons. The van der Waals surface area contributed by atoms with E-state index in [4.69, 9.17) is 9.84 Å². The lowest BCUT2D eigenvalue weighted by atomic mass is 9.98. The van der Waals surface area contributed by atoms with E-state index in [0.29, 0.717) is 0 Å². The molecule has 0 saturated carbocycles. The second-order valence-electron chi connectivity index (χ2n) is 7.85. The van der Waals surface area contributed by atoms with E-state index in [9.17, 15) is 14.4 Å². The zero-order valence-corrected chi connectivity index (χ0v) is 17.3. The van der Waals surface area contributed by atoms with Gasteiger partial charge in [0.1, 0.15) is 18.2 Å². The largest absolute Gasteiger partial charge is 0.480 e. The molecule has 2 amide bonds. The van der Waals surface area contributed by atoms with Crippen molar-refractivity contribution in [3.05, 3.63) is 59.7 Å². The second kappa shape index (κ2) is 8.57. The minimum absolute atomic E-state index is 0.0865. The topological polar surface area (TPSA) is 105 Å². The molecule has 0 aliphatic heterocycles. The average molecular weight is 410 g/mol. The first kappa shape index (κ1) is 21.4. The predicted octanol–water partition coefficient (Wildman–Crippen LogP) is 3.28. The maximum absolute atomic E-state index is 12.4. The third-order valence-corrected chi connectivity index (χ3v) is 5.34. The molecule has 3 rings (SSSR count). The molecule has 0 aromatic heterocycles. The number of hydrogen-bond donors (Lipinski definition) is 3. The van der Waals surface area contributed by atoms with Crippen LogP contribution in [0.4, 0.5) is 4.79 Å². The van der Waals surface area contributed by atoms with Crippen LogP contribution in [0.3, 0.4) is 0 Å². The fourth-order valence-corrected chi connectivity index (χ4v) is 3.62. The van der Waals surface area contributed by atoms with Gasteiger partial charge >= 0.3 is 12.1 Å². The minimum Gasteiger partial charge on any atom is -0.480 e. The van der Waals surface area contributed by atoms with Crippen LogP contribution in [0.25, 0.3) is 11.1 Å². The van der Waals surface area contributed by atoms with Crippen LogP contribution >= 0.6 is 0 Å². The molecule has 7 heteroatoms. The third kappa shape index (κ3) is 4.30. The maximum Gasteiger partial charge on any atom is 0.408 e. The second-order valence-corrected chi connectivity index (χ2v) is 7.85. The summed E-state index contributed by atoms with van der Waals surface area (Å²) >= 11 is 0. The molecule has 2 aromatic carbocycles. The van der Waals surface area contributed by atoms with Crippen molar-refractivity contribution in [1.82, 2.24) is 10.6 Å². The van der Waals surface area contributed by atoms with Crippen molar-refractivity contribution in [2.45, 2.75) is 44.7 Å². The van der Waals surface area contributed by atoms with Crippen LogP contribution in [0, 0.1) is 0 Å². The number of carboxylic acid groups (broad SMARTS) is 1. The zero-order valence-electron chi connectivity index (χ0n) is 17.3. The Balaban J connectivity index is 1.65. The fourth-order valence-electron chi connectivity index (χ4n) is 3.62. The SMILES string of the molecule is CC[C@H](NC(=O)C(C)(C)NC(=O)OCC1c2ccccc2-c2ccccc21)C(=O)O. The third-order valence-electron chi connectivity index (χ3n) is 5.34. The van der Waals surface area contributed by atoms with Crippen LogP contribution in [0.1, 0.15) is 44.2 Å². The van der Waals surface area contributed by atoms with Crippen LogP contribution in [-0.2, 0) is 14.3 Å². The van der Waals surface area contributed by atoms with Gasteiger partial charge in [0.25, 0.3) is 0 Å². The molecule has 7 nitrogen and oxygen atoms in total. The summed E-state index contributed by atoms with van der Waals surface area (Å²) < 4.78 is 5.46. The highest BCUT2D eigenvalue weighted by molar-refractivity contribution is 5.92. The van der Waals surface area contributed by atoms with Crippen molar-refractivity contribution in [3.63, 3.8) is 0 Å². The van der Waals surface area contributed by atoms with Gasteiger partial charge in [0, 0.05) is 5.92 Å². The summed E-state index contributed by atoms with van der Waals surface area (Å²) in [4.78, 5) is 36.0. The fraction of sp³-hybridized carbons (Fsp3) is 0.348. The van der Waals surface area contributed by atoms with Crippen LogP contribution in [0.2, 0.25) is 0 Å². The number of aliphatic carboxylic acids is 1. The molecule has 0 bridgehead atoms. The summed E-state index contributed by atoms with van der Waals surface area (Å²) in [6.45, 7) is 4.78. The molecule has 0 fully saturated rings. The molecule has 3 N–H and O–H groups in total. The summed E-state index contributed by atoms with van der Waals surface area (Å²) in [6.07, 6.45) is -0.498. The van der Waals surface area contributed by atoms with E-state index < -0.39 is 29.6 Å². The van der Waals surface area contributed by atoms with E-state index in [-0.39, 0.29) is 18.9 Å². The number of fused-ring (bicyclic) bond motifs is 3. The Labute approximate surface area is 175 Å².